The van der Waals surface area contributed by atoms with E-state index in [9.17, 15) is 14.7 Å². The molecule has 142 valence electrons. The average Bonchev–Trinajstić information content (AvgIpc) is 2.66. The molecule has 0 fully saturated rings. The number of carboxylic acids is 1. The van der Waals surface area contributed by atoms with Crippen LogP contribution in [0.25, 0.3) is 0 Å². The Labute approximate surface area is 160 Å². The highest BCUT2D eigenvalue weighted by atomic mass is 35.5. The molecule has 0 bridgehead atoms. The summed E-state index contributed by atoms with van der Waals surface area (Å²) < 4.78 is 20.4. The van der Waals surface area contributed by atoms with E-state index in [0.717, 1.165) is 13.4 Å². The monoisotopic (exact) mass is 392 g/mol. The number of benzene rings is 2. The fourth-order valence-electron chi connectivity index (χ4n) is 2.14. The maximum absolute atomic E-state index is 11.7. The van der Waals surface area contributed by atoms with E-state index in [1.165, 1.54) is 25.3 Å². The molecule has 0 amide bonds. The van der Waals surface area contributed by atoms with Crippen LogP contribution < -0.4 is 9.47 Å². The Hall–Kier alpha value is -3.19. The van der Waals surface area contributed by atoms with Crippen LogP contribution in [0, 0.1) is 0 Å². The van der Waals surface area contributed by atoms with Gasteiger partial charge in [0, 0.05) is 10.6 Å². The van der Waals surface area contributed by atoms with E-state index in [1.54, 1.807) is 24.3 Å². The van der Waals surface area contributed by atoms with Crippen molar-refractivity contribution in [3.8, 4) is 11.5 Å². The topological polar surface area (TPSA) is 91.3 Å². The SMILES string of the molecule is COC=C(Oc1cccc(OCc2ccccc2Cl)c1C(=O)O)C(=O)OC. The second-order valence-corrected chi connectivity index (χ2v) is 5.53. The van der Waals surface area contributed by atoms with Gasteiger partial charge in [-0.25, -0.2) is 9.59 Å². The molecule has 0 aliphatic carbocycles. The van der Waals surface area contributed by atoms with E-state index in [0.29, 0.717) is 10.6 Å². The molecule has 0 heterocycles. The molecule has 0 aromatic heterocycles. The highest BCUT2D eigenvalue weighted by Gasteiger charge is 2.22. The zero-order valence-electron chi connectivity index (χ0n) is 14.6. The molecule has 2 aromatic rings. The number of methoxy groups -OCH3 is 2. The first-order valence-electron chi connectivity index (χ1n) is 7.69. The molecule has 0 radical (unpaired) electrons. The van der Waals surface area contributed by atoms with Crippen LogP contribution in [0.5, 0.6) is 11.5 Å². The molecule has 0 saturated carbocycles. The van der Waals surface area contributed by atoms with Crippen LogP contribution in [0.3, 0.4) is 0 Å². The molecular formula is C19H17ClO7. The Balaban J connectivity index is 2.33. The quantitative estimate of drug-likeness (QED) is 0.416. The van der Waals surface area contributed by atoms with Crippen molar-refractivity contribution in [2.75, 3.05) is 14.2 Å². The first-order valence-corrected chi connectivity index (χ1v) is 8.07. The summed E-state index contributed by atoms with van der Waals surface area (Å²) in [5.74, 6) is -2.47. The summed E-state index contributed by atoms with van der Waals surface area (Å²) in [6.45, 7) is 0.0567. The number of ether oxygens (including phenoxy) is 4. The fourth-order valence-corrected chi connectivity index (χ4v) is 2.33. The molecule has 0 saturated heterocycles. The van der Waals surface area contributed by atoms with Crippen molar-refractivity contribution < 1.29 is 33.6 Å². The smallest absolute Gasteiger partial charge is 0.377 e. The van der Waals surface area contributed by atoms with E-state index >= 15 is 0 Å². The zero-order chi connectivity index (χ0) is 19.8. The zero-order valence-corrected chi connectivity index (χ0v) is 15.4. The molecular weight excluding hydrogens is 376 g/mol. The standard InChI is InChI=1S/C19H17ClO7/c1-24-11-16(19(23)25-2)27-15-9-5-8-14(17(15)18(21)22)26-10-12-6-3-4-7-13(12)20/h3-9,11H,10H2,1-2H3,(H,21,22). The van der Waals surface area contributed by atoms with Crippen molar-refractivity contribution in [1.82, 2.24) is 0 Å². The third-order valence-electron chi connectivity index (χ3n) is 3.37. The number of hydrogen-bond donors (Lipinski definition) is 1. The van der Waals surface area contributed by atoms with Crippen molar-refractivity contribution in [3.63, 3.8) is 0 Å². The van der Waals surface area contributed by atoms with Crippen molar-refractivity contribution in [3.05, 3.63) is 70.6 Å². The predicted molar refractivity (Wildman–Crippen MR) is 96.9 cm³/mol. The summed E-state index contributed by atoms with van der Waals surface area (Å²) in [5, 5.41) is 10.1. The number of carbonyl (C=O) groups excluding carboxylic acids is 1. The summed E-state index contributed by atoms with van der Waals surface area (Å²) in [6, 6.07) is 11.4. The average molecular weight is 393 g/mol. The lowest BCUT2D eigenvalue weighted by Gasteiger charge is -2.14. The Morgan fingerprint density at radius 2 is 1.78 bits per heavy atom. The van der Waals surface area contributed by atoms with E-state index in [-0.39, 0.29) is 29.4 Å². The molecule has 7 nitrogen and oxygen atoms in total. The number of carboxylic acid groups (broad SMARTS) is 1. The van der Waals surface area contributed by atoms with Crippen molar-refractivity contribution in [2.45, 2.75) is 6.61 Å². The van der Waals surface area contributed by atoms with Crippen LogP contribution in [-0.2, 0) is 20.9 Å². The van der Waals surface area contributed by atoms with Gasteiger partial charge < -0.3 is 24.1 Å². The molecule has 2 rings (SSSR count). The molecule has 2 aromatic carbocycles. The lowest BCUT2D eigenvalue weighted by atomic mass is 10.1. The van der Waals surface area contributed by atoms with Gasteiger partial charge in [0.05, 0.1) is 14.2 Å². The first kappa shape index (κ1) is 20.1. The number of halogens is 1. The van der Waals surface area contributed by atoms with Crippen molar-refractivity contribution in [1.29, 1.82) is 0 Å². The molecule has 0 aliphatic rings. The number of rotatable bonds is 8. The maximum atomic E-state index is 11.7. The van der Waals surface area contributed by atoms with Gasteiger partial charge in [0.25, 0.3) is 0 Å². The second kappa shape index (κ2) is 9.49. The Morgan fingerprint density at radius 3 is 2.41 bits per heavy atom. The number of esters is 1. The predicted octanol–water partition coefficient (Wildman–Crippen LogP) is 3.66. The van der Waals surface area contributed by atoms with Gasteiger partial charge >= 0.3 is 11.9 Å². The molecule has 27 heavy (non-hydrogen) atoms. The van der Waals surface area contributed by atoms with Crippen LogP contribution in [0.15, 0.2) is 54.5 Å². The normalized spacial score (nSPS) is 10.9. The molecule has 0 aliphatic heterocycles. The molecule has 0 spiro atoms. The number of hydrogen-bond acceptors (Lipinski definition) is 6. The van der Waals surface area contributed by atoms with Crippen LogP contribution in [0.1, 0.15) is 15.9 Å². The first-order chi connectivity index (χ1) is 13.0. The number of aromatic carboxylic acids is 1. The van der Waals surface area contributed by atoms with Crippen LogP contribution >= 0.6 is 11.6 Å². The third kappa shape index (κ3) is 5.15. The summed E-state index contributed by atoms with van der Waals surface area (Å²) in [5.41, 5.74) is 0.437. The van der Waals surface area contributed by atoms with E-state index in [2.05, 4.69) is 4.74 Å². The van der Waals surface area contributed by atoms with Gasteiger partial charge in [-0.3, -0.25) is 0 Å². The molecule has 0 atom stereocenters. The highest BCUT2D eigenvalue weighted by molar-refractivity contribution is 6.31. The minimum absolute atomic E-state index is 0.0567. The fraction of sp³-hybridized carbons (Fsp3) is 0.158. The maximum Gasteiger partial charge on any atom is 0.377 e. The second-order valence-electron chi connectivity index (χ2n) is 5.13. The Morgan fingerprint density at radius 1 is 1.07 bits per heavy atom. The summed E-state index contributed by atoms with van der Waals surface area (Å²) in [6.07, 6.45) is 1.01. The van der Waals surface area contributed by atoms with Gasteiger partial charge in [-0.05, 0) is 18.2 Å². The molecule has 1 N–H and O–H groups in total. The minimum Gasteiger partial charge on any atom is -0.500 e. The summed E-state index contributed by atoms with van der Waals surface area (Å²) >= 11 is 6.08. The van der Waals surface area contributed by atoms with Crippen LogP contribution in [-0.4, -0.2) is 31.3 Å². The minimum atomic E-state index is -1.29. The lowest BCUT2D eigenvalue weighted by Crippen LogP contribution is -2.14. The van der Waals surface area contributed by atoms with E-state index in [1.807, 2.05) is 0 Å². The summed E-state index contributed by atoms with van der Waals surface area (Å²) in [4.78, 5) is 23.5. The van der Waals surface area contributed by atoms with Gasteiger partial charge in [0.2, 0.25) is 5.76 Å². The third-order valence-corrected chi connectivity index (χ3v) is 3.74. The Kier molecular flexibility index (Phi) is 7.08. The largest absolute Gasteiger partial charge is 0.500 e. The lowest BCUT2D eigenvalue weighted by molar-refractivity contribution is -0.138. The highest BCUT2D eigenvalue weighted by Crippen LogP contribution is 2.31. The van der Waals surface area contributed by atoms with Gasteiger partial charge in [-0.2, -0.15) is 0 Å². The van der Waals surface area contributed by atoms with Gasteiger partial charge in [0.15, 0.2) is 0 Å². The van der Waals surface area contributed by atoms with Crippen LogP contribution in [0.4, 0.5) is 0 Å². The van der Waals surface area contributed by atoms with E-state index < -0.39 is 11.9 Å². The van der Waals surface area contributed by atoms with Crippen molar-refractivity contribution in [2.24, 2.45) is 0 Å². The van der Waals surface area contributed by atoms with E-state index in [4.69, 9.17) is 25.8 Å². The molecule has 8 heteroatoms. The number of carbonyl (C=O) groups is 2. The van der Waals surface area contributed by atoms with Gasteiger partial charge in [-0.1, -0.05) is 35.9 Å². The summed E-state index contributed by atoms with van der Waals surface area (Å²) in [7, 11) is 2.48. The Bertz CT molecular complexity index is 861. The molecule has 0 unspecified atom stereocenters. The van der Waals surface area contributed by atoms with Crippen LogP contribution in [0.2, 0.25) is 5.02 Å². The van der Waals surface area contributed by atoms with Gasteiger partial charge in [0.1, 0.15) is 29.9 Å². The van der Waals surface area contributed by atoms with Crippen molar-refractivity contribution >= 4 is 23.5 Å². The van der Waals surface area contributed by atoms with Gasteiger partial charge in [-0.15, -0.1) is 0 Å².